The van der Waals surface area contributed by atoms with Crippen molar-refractivity contribution in [2.75, 3.05) is 13.1 Å². The highest BCUT2D eigenvalue weighted by molar-refractivity contribution is 5.24. The molecule has 2 atom stereocenters. The van der Waals surface area contributed by atoms with Crippen molar-refractivity contribution in [1.29, 1.82) is 0 Å². The lowest BCUT2D eigenvalue weighted by Crippen LogP contribution is -2.46. The molecule has 2 rings (SSSR count). The number of piperidine rings is 1. The van der Waals surface area contributed by atoms with E-state index in [1.807, 2.05) is 0 Å². The van der Waals surface area contributed by atoms with E-state index in [0.29, 0.717) is 5.56 Å². The summed E-state index contributed by atoms with van der Waals surface area (Å²) in [5, 5.41) is 0. The number of hydrogen-bond donors (Lipinski definition) is 1. The second kappa shape index (κ2) is 5.76. The van der Waals surface area contributed by atoms with Crippen LogP contribution in [0.1, 0.15) is 37.8 Å². The third kappa shape index (κ3) is 2.70. The van der Waals surface area contributed by atoms with Crippen LogP contribution < -0.4 is 5.73 Å². The molecule has 0 aliphatic carbocycles. The van der Waals surface area contributed by atoms with Crippen molar-refractivity contribution in [3.63, 3.8) is 0 Å². The van der Waals surface area contributed by atoms with Crippen LogP contribution in [-0.4, -0.2) is 24.0 Å². The Morgan fingerprint density at radius 3 is 2.89 bits per heavy atom. The molecule has 1 heterocycles. The third-order valence-corrected chi connectivity index (χ3v) is 3.57. The number of likely N-dealkylation sites (tertiary alicyclic amines) is 1. The van der Waals surface area contributed by atoms with Gasteiger partial charge in [-0.05, 0) is 50.6 Å². The molecule has 0 amide bonds. The van der Waals surface area contributed by atoms with E-state index < -0.39 is 5.82 Å². The van der Waals surface area contributed by atoms with E-state index in [4.69, 9.17) is 5.73 Å². The van der Waals surface area contributed by atoms with Crippen molar-refractivity contribution in [1.82, 2.24) is 4.90 Å². The van der Waals surface area contributed by atoms with Gasteiger partial charge in [0.2, 0.25) is 0 Å². The molecule has 0 spiro atoms. The molecule has 2 unspecified atom stereocenters. The summed E-state index contributed by atoms with van der Waals surface area (Å²) in [7, 11) is 0. The summed E-state index contributed by atoms with van der Waals surface area (Å²) in [4.78, 5) is 2.17. The fourth-order valence-corrected chi connectivity index (χ4v) is 2.80. The number of nitrogens with two attached hydrogens (primary N) is 1. The average molecular weight is 254 g/mol. The number of rotatable bonds is 3. The van der Waals surface area contributed by atoms with Crippen LogP contribution in [0.4, 0.5) is 8.78 Å². The highest BCUT2D eigenvalue weighted by atomic mass is 19.1. The summed E-state index contributed by atoms with van der Waals surface area (Å²) in [5.41, 5.74) is 6.52. The summed E-state index contributed by atoms with van der Waals surface area (Å²) < 4.78 is 27.2. The summed E-state index contributed by atoms with van der Waals surface area (Å²) >= 11 is 0. The van der Waals surface area contributed by atoms with Crippen LogP contribution in [0.15, 0.2) is 18.2 Å². The maximum Gasteiger partial charge on any atom is 0.128 e. The van der Waals surface area contributed by atoms with E-state index in [1.165, 1.54) is 12.1 Å². The Morgan fingerprint density at radius 1 is 1.39 bits per heavy atom. The number of hydrogen-bond acceptors (Lipinski definition) is 2. The van der Waals surface area contributed by atoms with Gasteiger partial charge >= 0.3 is 0 Å². The maximum atomic E-state index is 13.9. The van der Waals surface area contributed by atoms with E-state index in [2.05, 4.69) is 11.8 Å². The molecule has 0 aromatic heterocycles. The minimum Gasteiger partial charge on any atom is -0.326 e. The average Bonchev–Trinajstić information content (AvgIpc) is 2.34. The SMILES string of the molecule is CCCN1CCCC(N)C1c1cc(F)ccc1F. The Kier molecular flexibility index (Phi) is 4.30. The molecule has 100 valence electrons. The molecule has 1 saturated heterocycles. The number of halogens is 2. The molecule has 4 heteroatoms. The molecule has 1 aromatic carbocycles. The first-order chi connectivity index (χ1) is 8.63. The van der Waals surface area contributed by atoms with Crippen molar-refractivity contribution in [2.45, 2.75) is 38.3 Å². The highest BCUT2D eigenvalue weighted by Crippen LogP contribution is 2.32. The fraction of sp³-hybridized carbons (Fsp3) is 0.571. The third-order valence-electron chi connectivity index (χ3n) is 3.57. The van der Waals surface area contributed by atoms with Gasteiger partial charge in [0.15, 0.2) is 0 Å². The van der Waals surface area contributed by atoms with Crippen molar-refractivity contribution in [3.05, 3.63) is 35.4 Å². The molecule has 2 N–H and O–H groups in total. The van der Waals surface area contributed by atoms with Gasteiger partial charge in [-0.3, -0.25) is 4.90 Å². The minimum absolute atomic E-state index is 0.124. The van der Waals surface area contributed by atoms with Crippen LogP contribution in [0.5, 0.6) is 0 Å². The smallest absolute Gasteiger partial charge is 0.128 e. The summed E-state index contributed by atoms with van der Waals surface area (Å²) in [6.07, 6.45) is 2.87. The lowest BCUT2D eigenvalue weighted by Gasteiger charge is -2.40. The first kappa shape index (κ1) is 13.4. The van der Waals surface area contributed by atoms with Crippen molar-refractivity contribution in [2.24, 2.45) is 5.73 Å². The lowest BCUT2D eigenvalue weighted by atomic mass is 9.90. The predicted molar refractivity (Wildman–Crippen MR) is 68.2 cm³/mol. The van der Waals surface area contributed by atoms with Gasteiger partial charge in [-0.2, -0.15) is 0 Å². The van der Waals surface area contributed by atoms with Gasteiger partial charge in [0, 0.05) is 11.6 Å². The minimum atomic E-state index is -0.402. The molecular formula is C14H20F2N2. The van der Waals surface area contributed by atoms with Gasteiger partial charge in [0.05, 0.1) is 6.04 Å². The molecule has 1 aliphatic heterocycles. The van der Waals surface area contributed by atoms with Crippen LogP contribution in [0.3, 0.4) is 0 Å². The van der Waals surface area contributed by atoms with Gasteiger partial charge < -0.3 is 5.73 Å². The van der Waals surface area contributed by atoms with Crippen molar-refractivity contribution in [3.8, 4) is 0 Å². The predicted octanol–water partition coefficient (Wildman–Crippen LogP) is 2.84. The summed E-state index contributed by atoms with van der Waals surface area (Å²) in [6, 6.07) is 3.30. The quantitative estimate of drug-likeness (QED) is 0.898. The monoisotopic (exact) mass is 254 g/mol. The van der Waals surface area contributed by atoms with E-state index in [-0.39, 0.29) is 17.9 Å². The molecule has 1 aliphatic rings. The van der Waals surface area contributed by atoms with E-state index in [9.17, 15) is 8.78 Å². The topological polar surface area (TPSA) is 29.3 Å². The zero-order chi connectivity index (χ0) is 13.1. The van der Waals surface area contributed by atoms with Crippen LogP contribution in [0.25, 0.3) is 0 Å². The molecule has 1 fully saturated rings. The Labute approximate surface area is 107 Å². The maximum absolute atomic E-state index is 13.9. The number of benzene rings is 1. The van der Waals surface area contributed by atoms with Crippen LogP contribution in [-0.2, 0) is 0 Å². The molecule has 0 saturated carbocycles. The normalized spacial score (nSPS) is 25.3. The molecule has 1 aromatic rings. The van der Waals surface area contributed by atoms with Gasteiger partial charge in [-0.15, -0.1) is 0 Å². The van der Waals surface area contributed by atoms with E-state index in [1.54, 1.807) is 0 Å². The van der Waals surface area contributed by atoms with Crippen molar-refractivity contribution >= 4 is 0 Å². The molecular weight excluding hydrogens is 234 g/mol. The van der Waals surface area contributed by atoms with Crippen molar-refractivity contribution < 1.29 is 8.78 Å². The summed E-state index contributed by atoms with van der Waals surface area (Å²) in [5.74, 6) is -0.763. The van der Waals surface area contributed by atoms with Crippen LogP contribution in [0, 0.1) is 11.6 Å². The fourth-order valence-electron chi connectivity index (χ4n) is 2.80. The summed E-state index contributed by atoms with van der Waals surface area (Å²) in [6.45, 7) is 3.86. The lowest BCUT2D eigenvalue weighted by molar-refractivity contribution is 0.125. The molecule has 0 bridgehead atoms. The van der Waals surface area contributed by atoms with Crippen LogP contribution >= 0.6 is 0 Å². The largest absolute Gasteiger partial charge is 0.326 e. The van der Waals surface area contributed by atoms with Crippen LogP contribution in [0.2, 0.25) is 0 Å². The number of nitrogens with zero attached hydrogens (tertiary/aromatic N) is 1. The van der Waals surface area contributed by atoms with Gasteiger partial charge in [-0.1, -0.05) is 6.92 Å². The Balaban J connectivity index is 2.33. The zero-order valence-corrected chi connectivity index (χ0v) is 10.7. The van der Waals surface area contributed by atoms with Gasteiger partial charge in [-0.25, -0.2) is 8.78 Å². The Bertz CT molecular complexity index is 407. The standard InChI is InChI=1S/C14H20F2N2/c1-2-7-18-8-3-4-13(17)14(18)11-9-10(15)5-6-12(11)16/h5-6,9,13-14H,2-4,7-8,17H2,1H3. The Hall–Kier alpha value is -1.00. The first-order valence-electron chi connectivity index (χ1n) is 6.58. The molecule has 18 heavy (non-hydrogen) atoms. The van der Waals surface area contributed by atoms with E-state index >= 15 is 0 Å². The van der Waals surface area contributed by atoms with E-state index in [0.717, 1.165) is 38.4 Å². The second-order valence-electron chi connectivity index (χ2n) is 4.95. The van der Waals surface area contributed by atoms with Gasteiger partial charge in [0.1, 0.15) is 11.6 Å². The zero-order valence-electron chi connectivity index (χ0n) is 10.7. The molecule has 0 radical (unpaired) electrons. The second-order valence-corrected chi connectivity index (χ2v) is 4.95. The Morgan fingerprint density at radius 2 is 2.17 bits per heavy atom. The first-order valence-corrected chi connectivity index (χ1v) is 6.58. The van der Waals surface area contributed by atoms with Gasteiger partial charge in [0.25, 0.3) is 0 Å². The highest BCUT2D eigenvalue weighted by Gasteiger charge is 2.31. The molecule has 2 nitrogen and oxygen atoms in total.